The summed E-state index contributed by atoms with van der Waals surface area (Å²) in [5.74, 6) is 0.858. The highest BCUT2D eigenvalue weighted by molar-refractivity contribution is 5.31. The number of ether oxygens (including phenoxy) is 1. The second-order valence-corrected chi connectivity index (χ2v) is 8.51. The molecule has 2 rings (SSSR count). The zero-order valence-electron chi connectivity index (χ0n) is 16.3. The summed E-state index contributed by atoms with van der Waals surface area (Å²) in [7, 11) is 0. The first kappa shape index (κ1) is 19.2. The first-order chi connectivity index (χ1) is 11.6. The van der Waals surface area contributed by atoms with Gasteiger partial charge in [-0.2, -0.15) is 5.10 Å². The van der Waals surface area contributed by atoms with E-state index in [1.54, 1.807) is 6.07 Å². The van der Waals surface area contributed by atoms with Crippen LogP contribution in [0.3, 0.4) is 0 Å². The average molecular weight is 342 g/mol. The monoisotopic (exact) mass is 342 g/mol. The Morgan fingerprint density at radius 1 is 0.920 bits per heavy atom. The summed E-state index contributed by atoms with van der Waals surface area (Å²) in [6.45, 7) is 14.0. The van der Waals surface area contributed by atoms with Crippen LogP contribution in [0.25, 0.3) is 0 Å². The summed E-state index contributed by atoms with van der Waals surface area (Å²) in [5, 5.41) is 4.48. The molecule has 25 heavy (non-hydrogen) atoms. The zero-order chi connectivity index (χ0) is 18.7. The Labute approximate surface area is 150 Å². The highest BCUT2D eigenvalue weighted by atomic mass is 16.5. The van der Waals surface area contributed by atoms with Gasteiger partial charge in [0.15, 0.2) is 0 Å². The lowest BCUT2D eigenvalue weighted by atomic mass is 9.87. The topological polar surface area (TPSA) is 44.1 Å². The van der Waals surface area contributed by atoms with Crippen molar-refractivity contribution in [3.05, 3.63) is 58.0 Å². The van der Waals surface area contributed by atoms with Crippen LogP contribution in [0.15, 0.2) is 41.2 Å². The minimum absolute atomic E-state index is 0.0671. The smallest absolute Gasteiger partial charge is 0.266 e. The van der Waals surface area contributed by atoms with Gasteiger partial charge in [-0.25, -0.2) is 4.68 Å². The van der Waals surface area contributed by atoms with Gasteiger partial charge in [-0.15, -0.1) is 0 Å². The van der Waals surface area contributed by atoms with Crippen molar-refractivity contribution in [1.82, 2.24) is 9.78 Å². The van der Waals surface area contributed by atoms with Gasteiger partial charge < -0.3 is 4.74 Å². The average Bonchev–Trinajstić information content (AvgIpc) is 2.51. The third-order valence-corrected chi connectivity index (χ3v) is 4.14. The van der Waals surface area contributed by atoms with Gasteiger partial charge in [0.2, 0.25) is 0 Å². The van der Waals surface area contributed by atoms with Crippen LogP contribution in [0.2, 0.25) is 0 Å². The third kappa shape index (κ3) is 5.45. The normalized spacial score (nSPS) is 12.2. The molecule has 0 aliphatic carbocycles. The minimum atomic E-state index is -0.0687. The molecule has 2 aromatic rings. The Bertz CT molecular complexity index is 747. The number of nitrogens with zero attached hydrogens (tertiary/aromatic N) is 2. The molecule has 0 radical (unpaired) electrons. The maximum absolute atomic E-state index is 12.0. The van der Waals surface area contributed by atoms with Crippen LogP contribution in [0, 0.1) is 0 Å². The van der Waals surface area contributed by atoms with Gasteiger partial charge in [-0.1, -0.05) is 53.7 Å². The van der Waals surface area contributed by atoms with E-state index in [0.29, 0.717) is 13.2 Å². The Morgan fingerprint density at radius 3 is 2.12 bits per heavy atom. The lowest BCUT2D eigenvalue weighted by Gasteiger charge is -2.19. The number of aryl methyl sites for hydroxylation is 1. The molecule has 4 heteroatoms. The maximum atomic E-state index is 12.0. The van der Waals surface area contributed by atoms with Gasteiger partial charge >= 0.3 is 0 Å². The predicted molar refractivity (Wildman–Crippen MR) is 102 cm³/mol. The number of hydrogen-bond acceptors (Lipinski definition) is 3. The Morgan fingerprint density at radius 2 is 1.56 bits per heavy atom. The molecule has 1 aromatic heterocycles. The molecule has 136 valence electrons. The molecule has 0 atom stereocenters. The van der Waals surface area contributed by atoms with Crippen molar-refractivity contribution < 1.29 is 4.74 Å². The largest absolute Gasteiger partial charge is 0.494 e. The van der Waals surface area contributed by atoms with E-state index in [9.17, 15) is 4.79 Å². The van der Waals surface area contributed by atoms with E-state index >= 15 is 0 Å². The van der Waals surface area contributed by atoms with Gasteiger partial charge in [-0.05, 0) is 29.2 Å². The predicted octanol–water partition coefficient (Wildman–Crippen LogP) is 4.31. The molecule has 0 saturated heterocycles. The SMILES string of the molecule is CC(C)(C)c1ccc(OCCCn2nc(C(C)(C)C)ccc2=O)cc1. The number of aromatic nitrogens is 2. The van der Waals surface area contributed by atoms with Gasteiger partial charge in [-0.3, -0.25) is 4.79 Å². The summed E-state index contributed by atoms with van der Waals surface area (Å²) >= 11 is 0. The summed E-state index contributed by atoms with van der Waals surface area (Å²) < 4.78 is 7.32. The van der Waals surface area contributed by atoms with Gasteiger partial charge in [0.25, 0.3) is 5.56 Å². The standard InChI is InChI=1S/C21H30N2O2/c1-20(2,3)16-8-10-17(11-9-16)25-15-7-14-23-19(24)13-12-18(22-23)21(4,5)6/h8-13H,7,14-15H2,1-6H3. The molecule has 0 spiro atoms. The van der Waals surface area contributed by atoms with E-state index in [1.807, 2.05) is 18.2 Å². The summed E-state index contributed by atoms with van der Waals surface area (Å²) in [5.41, 5.74) is 2.22. The van der Waals surface area contributed by atoms with Crippen molar-refractivity contribution >= 4 is 0 Å². The van der Waals surface area contributed by atoms with Crippen molar-refractivity contribution in [2.75, 3.05) is 6.61 Å². The molecule has 4 nitrogen and oxygen atoms in total. The second-order valence-electron chi connectivity index (χ2n) is 8.51. The molecular weight excluding hydrogens is 312 g/mol. The van der Waals surface area contributed by atoms with E-state index in [-0.39, 0.29) is 16.4 Å². The van der Waals surface area contributed by atoms with Crippen molar-refractivity contribution in [2.24, 2.45) is 0 Å². The summed E-state index contributed by atoms with van der Waals surface area (Å²) in [6.07, 6.45) is 0.738. The Balaban J connectivity index is 1.90. The van der Waals surface area contributed by atoms with Crippen molar-refractivity contribution in [3.63, 3.8) is 0 Å². The van der Waals surface area contributed by atoms with Crippen LogP contribution in [-0.4, -0.2) is 16.4 Å². The van der Waals surface area contributed by atoms with Gasteiger partial charge in [0.1, 0.15) is 5.75 Å². The van der Waals surface area contributed by atoms with E-state index in [2.05, 4.69) is 58.8 Å². The molecule has 0 N–H and O–H groups in total. The highest BCUT2D eigenvalue weighted by Gasteiger charge is 2.16. The molecule has 0 saturated carbocycles. The molecule has 0 bridgehead atoms. The van der Waals surface area contributed by atoms with Crippen LogP contribution in [0.1, 0.15) is 59.2 Å². The van der Waals surface area contributed by atoms with E-state index < -0.39 is 0 Å². The first-order valence-corrected chi connectivity index (χ1v) is 8.89. The molecule has 1 heterocycles. The Kier molecular flexibility index (Phi) is 5.71. The van der Waals surface area contributed by atoms with Crippen LogP contribution >= 0.6 is 0 Å². The van der Waals surface area contributed by atoms with Crippen molar-refractivity contribution in [3.8, 4) is 5.75 Å². The van der Waals surface area contributed by atoms with E-state index in [0.717, 1.165) is 17.9 Å². The number of benzene rings is 1. The quantitative estimate of drug-likeness (QED) is 0.761. The fraction of sp³-hybridized carbons (Fsp3) is 0.524. The second kappa shape index (κ2) is 7.42. The van der Waals surface area contributed by atoms with Crippen molar-refractivity contribution in [2.45, 2.75) is 65.3 Å². The van der Waals surface area contributed by atoms with E-state index in [1.165, 1.54) is 10.2 Å². The Hall–Kier alpha value is -2.10. The van der Waals surface area contributed by atoms with Crippen molar-refractivity contribution in [1.29, 1.82) is 0 Å². The minimum Gasteiger partial charge on any atom is -0.494 e. The highest BCUT2D eigenvalue weighted by Crippen LogP contribution is 2.24. The van der Waals surface area contributed by atoms with Gasteiger partial charge in [0, 0.05) is 24.4 Å². The molecule has 0 aliphatic rings. The molecule has 1 aromatic carbocycles. The zero-order valence-corrected chi connectivity index (χ0v) is 16.3. The lowest BCUT2D eigenvalue weighted by molar-refractivity contribution is 0.296. The molecular formula is C21H30N2O2. The summed E-state index contributed by atoms with van der Waals surface area (Å²) in [6, 6.07) is 11.6. The van der Waals surface area contributed by atoms with E-state index in [4.69, 9.17) is 4.74 Å². The molecule has 0 fully saturated rings. The third-order valence-electron chi connectivity index (χ3n) is 4.14. The van der Waals surface area contributed by atoms with Crippen LogP contribution in [-0.2, 0) is 17.4 Å². The first-order valence-electron chi connectivity index (χ1n) is 8.89. The summed E-state index contributed by atoms with van der Waals surface area (Å²) in [4.78, 5) is 12.0. The number of rotatable bonds is 5. The fourth-order valence-corrected chi connectivity index (χ4v) is 2.46. The molecule has 0 unspecified atom stereocenters. The molecule has 0 aliphatic heterocycles. The molecule has 0 amide bonds. The fourth-order valence-electron chi connectivity index (χ4n) is 2.46. The van der Waals surface area contributed by atoms with Gasteiger partial charge in [0.05, 0.1) is 12.3 Å². The van der Waals surface area contributed by atoms with Crippen LogP contribution in [0.5, 0.6) is 5.75 Å². The van der Waals surface area contributed by atoms with Crippen LogP contribution in [0.4, 0.5) is 0 Å². The van der Waals surface area contributed by atoms with Crippen LogP contribution < -0.4 is 10.3 Å². The maximum Gasteiger partial charge on any atom is 0.266 e. The lowest BCUT2D eigenvalue weighted by Crippen LogP contribution is -2.27. The number of hydrogen-bond donors (Lipinski definition) is 0.